The van der Waals surface area contributed by atoms with Crippen molar-refractivity contribution >= 4 is 65.3 Å². The van der Waals surface area contributed by atoms with Crippen molar-refractivity contribution in [1.82, 2.24) is 19.5 Å². The van der Waals surface area contributed by atoms with E-state index in [9.17, 15) is 0 Å². The molecule has 0 spiro atoms. The van der Waals surface area contributed by atoms with Crippen molar-refractivity contribution in [2.24, 2.45) is 0 Å². The zero-order valence-electron chi connectivity index (χ0n) is 33.5. The Morgan fingerprint density at radius 2 is 0.984 bits per heavy atom. The molecule has 0 N–H and O–H groups in total. The molecule has 5 heteroatoms. The SMILES string of the molecule is CC1(C)c2ccccc2-c2cccc(-c3cccc4c5ccc6ccccc6c5n(-c5nc(-c6ccc7ccccc7c6)nc(-c6ccc7c(c6)oc6ccccc67)n5)c34)c21. The van der Waals surface area contributed by atoms with Crippen LogP contribution in [-0.4, -0.2) is 19.5 Å². The van der Waals surface area contributed by atoms with Crippen LogP contribution in [0.15, 0.2) is 186 Å². The first-order valence-corrected chi connectivity index (χ1v) is 20.9. The molecule has 1 aliphatic rings. The van der Waals surface area contributed by atoms with E-state index in [0.29, 0.717) is 17.6 Å². The zero-order valence-corrected chi connectivity index (χ0v) is 33.5. The first kappa shape index (κ1) is 34.0. The van der Waals surface area contributed by atoms with Gasteiger partial charge in [0.2, 0.25) is 5.95 Å². The molecule has 0 amide bonds. The van der Waals surface area contributed by atoms with E-state index in [-0.39, 0.29) is 5.41 Å². The first-order valence-electron chi connectivity index (χ1n) is 20.9. The van der Waals surface area contributed by atoms with Gasteiger partial charge in [-0.1, -0.05) is 172 Å². The molecule has 13 rings (SSSR count). The van der Waals surface area contributed by atoms with Crippen molar-refractivity contribution < 1.29 is 4.42 Å². The van der Waals surface area contributed by atoms with E-state index >= 15 is 0 Å². The van der Waals surface area contributed by atoms with E-state index in [1.165, 1.54) is 27.8 Å². The van der Waals surface area contributed by atoms with Crippen molar-refractivity contribution in [3.8, 4) is 51.0 Å². The summed E-state index contributed by atoms with van der Waals surface area (Å²) < 4.78 is 8.72. The van der Waals surface area contributed by atoms with Gasteiger partial charge >= 0.3 is 0 Å². The molecule has 0 fully saturated rings. The number of benzene rings is 9. The number of rotatable bonds is 4. The standard InChI is InChI=1S/C56H36N4O/c1-56(2)47-23-9-7-17-39(47)42-19-11-20-43(50(42)56)44-21-12-22-45-46-30-27-34-14-5-6-16-38(34)51(46)60(52(44)45)55-58-53(36-26-25-33-13-3-4-15-35(33)31-36)57-54(59-55)37-28-29-41-40-18-8-10-24-48(40)61-49(41)32-37/h3-32H,1-2H3. The van der Waals surface area contributed by atoms with Crippen LogP contribution in [0, 0.1) is 0 Å². The minimum Gasteiger partial charge on any atom is -0.456 e. The lowest BCUT2D eigenvalue weighted by Crippen LogP contribution is -2.16. The maximum Gasteiger partial charge on any atom is 0.238 e. The van der Waals surface area contributed by atoms with Gasteiger partial charge < -0.3 is 4.42 Å². The molecular weight excluding hydrogens is 745 g/mol. The van der Waals surface area contributed by atoms with Gasteiger partial charge in [-0.05, 0) is 68.2 Å². The van der Waals surface area contributed by atoms with E-state index in [0.717, 1.165) is 82.0 Å². The molecule has 3 aromatic heterocycles. The monoisotopic (exact) mass is 780 g/mol. The third kappa shape index (κ3) is 4.92. The molecule has 0 unspecified atom stereocenters. The van der Waals surface area contributed by atoms with Crippen LogP contribution in [0.25, 0.3) is 116 Å². The molecule has 0 saturated heterocycles. The molecule has 12 aromatic rings. The second kappa shape index (κ2) is 12.6. The van der Waals surface area contributed by atoms with Crippen molar-refractivity contribution in [2.75, 3.05) is 0 Å². The Balaban J connectivity index is 1.15. The quantitative estimate of drug-likeness (QED) is 0.178. The predicted molar refractivity (Wildman–Crippen MR) is 250 cm³/mol. The number of fused-ring (bicyclic) bond motifs is 12. The van der Waals surface area contributed by atoms with Crippen LogP contribution >= 0.6 is 0 Å². The molecule has 61 heavy (non-hydrogen) atoms. The lowest BCUT2D eigenvalue weighted by Gasteiger charge is -2.25. The molecule has 1 aliphatic carbocycles. The van der Waals surface area contributed by atoms with Crippen molar-refractivity contribution in [3.05, 3.63) is 193 Å². The zero-order chi connectivity index (χ0) is 40.4. The highest BCUT2D eigenvalue weighted by Crippen LogP contribution is 2.53. The maximum atomic E-state index is 6.41. The molecule has 9 aromatic carbocycles. The Morgan fingerprint density at radius 3 is 1.85 bits per heavy atom. The summed E-state index contributed by atoms with van der Waals surface area (Å²) in [5, 5.41) is 8.99. The Kier molecular flexibility index (Phi) is 7.00. The first-order chi connectivity index (χ1) is 30.0. The lowest BCUT2D eigenvalue weighted by molar-refractivity contribution is 0.662. The Morgan fingerprint density at radius 1 is 0.410 bits per heavy atom. The fourth-order valence-corrected chi connectivity index (χ4v) is 10.2. The molecule has 0 aliphatic heterocycles. The van der Waals surface area contributed by atoms with E-state index in [1.54, 1.807) is 0 Å². The lowest BCUT2D eigenvalue weighted by atomic mass is 9.78. The summed E-state index contributed by atoms with van der Waals surface area (Å²) in [6, 6.07) is 64.8. The van der Waals surface area contributed by atoms with Crippen LogP contribution in [0.5, 0.6) is 0 Å². The van der Waals surface area contributed by atoms with E-state index in [4.69, 9.17) is 19.4 Å². The number of nitrogens with zero attached hydrogens (tertiary/aromatic N) is 4. The molecule has 0 atom stereocenters. The topological polar surface area (TPSA) is 56.7 Å². The van der Waals surface area contributed by atoms with E-state index in [2.05, 4.69) is 182 Å². The molecule has 3 heterocycles. The van der Waals surface area contributed by atoms with Gasteiger partial charge in [0.05, 0.1) is 11.0 Å². The van der Waals surface area contributed by atoms with Crippen molar-refractivity contribution in [2.45, 2.75) is 19.3 Å². The number of hydrogen-bond acceptors (Lipinski definition) is 4. The summed E-state index contributed by atoms with van der Waals surface area (Å²) in [4.78, 5) is 16.2. The van der Waals surface area contributed by atoms with Crippen molar-refractivity contribution in [1.29, 1.82) is 0 Å². The van der Waals surface area contributed by atoms with Crippen LogP contribution in [0.1, 0.15) is 25.0 Å². The highest BCUT2D eigenvalue weighted by atomic mass is 16.3. The smallest absolute Gasteiger partial charge is 0.238 e. The highest BCUT2D eigenvalue weighted by Gasteiger charge is 2.38. The number of para-hydroxylation sites is 2. The van der Waals surface area contributed by atoms with Gasteiger partial charge in [-0.2, -0.15) is 9.97 Å². The average Bonchev–Trinajstić information content (AvgIpc) is 3.94. The largest absolute Gasteiger partial charge is 0.456 e. The van der Waals surface area contributed by atoms with Gasteiger partial charge in [-0.15, -0.1) is 0 Å². The Hall–Kier alpha value is -7.89. The molecule has 286 valence electrons. The Bertz CT molecular complexity index is 3810. The summed E-state index contributed by atoms with van der Waals surface area (Å²) >= 11 is 0. The molecule has 0 radical (unpaired) electrons. The fraction of sp³-hybridized carbons (Fsp3) is 0.0536. The summed E-state index contributed by atoms with van der Waals surface area (Å²) in [5.74, 6) is 1.72. The summed E-state index contributed by atoms with van der Waals surface area (Å²) in [5.41, 5.74) is 12.9. The molecular formula is C56H36N4O. The van der Waals surface area contributed by atoms with Crippen LogP contribution in [0.4, 0.5) is 0 Å². The van der Waals surface area contributed by atoms with Gasteiger partial charge in [0, 0.05) is 49.0 Å². The van der Waals surface area contributed by atoms with Crippen LogP contribution < -0.4 is 0 Å². The molecule has 0 saturated carbocycles. The Labute approximate surface area is 351 Å². The molecule has 5 nitrogen and oxygen atoms in total. The average molecular weight is 781 g/mol. The number of aromatic nitrogens is 4. The molecule has 0 bridgehead atoms. The van der Waals surface area contributed by atoms with Gasteiger partial charge in [0.15, 0.2) is 11.6 Å². The van der Waals surface area contributed by atoms with Crippen molar-refractivity contribution in [3.63, 3.8) is 0 Å². The van der Waals surface area contributed by atoms with Crippen LogP contribution in [0.3, 0.4) is 0 Å². The predicted octanol–water partition coefficient (Wildman–Crippen LogP) is 14.5. The third-order valence-corrected chi connectivity index (χ3v) is 13.0. The minimum absolute atomic E-state index is 0.215. The minimum atomic E-state index is -0.215. The van der Waals surface area contributed by atoms with Gasteiger partial charge in [-0.25, -0.2) is 4.98 Å². The van der Waals surface area contributed by atoms with Gasteiger partial charge in [0.1, 0.15) is 11.2 Å². The fourth-order valence-electron chi connectivity index (χ4n) is 10.2. The summed E-state index contributed by atoms with van der Waals surface area (Å²) in [7, 11) is 0. The van der Waals surface area contributed by atoms with Crippen LogP contribution in [0.2, 0.25) is 0 Å². The number of furan rings is 1. The van der Waals surface area contributed by atoms with E-state index in [1.807, 2.05) is 18.2 Å². The second-order valence-corrected chi connectivity index (χ2v) is 16.8. The highest BCUT2D eigenvalue weighted by molar-refractivity contribution is 6.21. The van der Waals surface area contributed by atoms with Gasteiger partial charge in [0.25, 0.3) is 0 Å². The normalized spacial score (nSPS) is 13.2. The van der Waals surface area contributed by atoms with Gasteiger partial charge in [-0.3, -0.25) is 4.57 Å². The maximum absolute atomic E-state index is 6.41. The summed E-state index contributed by atoms with van der Waals surface area (Å²) in [6.45, 7) is 4.72. The van der Waals surface area contributed by atoms with E-state index < -0.39 is 0 Å². The van der Waals surface area contributed by atoms with Crippen LogP contribution in [-0.2, 0) is 5.41 Å². The number of hydrogen-bond donors (Lipinski definition) is 0. The third-order valence-electron chi connectivity index (χ3n) is 13.0. The summed E-state index contributed by atoms with van der Waals surface area (Å²) in [6.07, 6.45) is 0. The second-order valence-electron chi connectivity index (χ2n) is 16.8.